The molecule has 0 saturated carbocycles. The normalized spacial score (nSPS) is 23.6. The van der Waals surface area contributed by atoms with Crippen LogP contribution in [0.4, 0.5) is 0 Å². The van der Waals surface area contributed by atoms with Crippen molar-refractivity contribution >= 4 is 20.9 Å². The van der Waals surface area contributed by atoms with Crippen LogP contribution in [0.5, 0.6) is 0 Å². The standard InChI is InChI=1S/C26H28N6O4S/c1-31(13-18-7-3-2-4-8-18)14-20-15-32(30-28-20)22-17-36-25-21(16-35-26(22)25)29-37(33,34)23-11-5-9-19-10-6-12-27-24(19)23/h2-12,15,21-22,25-26,29H,13-14,16-17H2,1H3. The predicted molar refractivity (Wildman–Crippen MR) is 136 cm³/mol. The number of aromatic nitrogens is 4. The van der Waals surface area contributed by atoms with Gasteiger partial charge in [-0.3, -0.25) is 9.88 Å². The molecule has 2 aliphatic heterocycles. The summed E-state index contributed by atoms with van der Waals surface area (Å²) in [5.41, 5.74) is 2.52. The molecule has 4 aromatic rings. The van der Waals surface area contributed by atoms with Crippen LogP contribution in [0.1, 0.15) is 17.3 Å². The first-order valence-electron chi connectivity index (χ1n) is 12.2. The SMILES string of the molecule is CN(Cc1ccccc1)Cc1cn(C2COC3C(NS(=O)(=O)c4cccc5cccnc45)COC32)nn1. The second-order valence-electron chi connectivity index (χ2n) is 9.57. The van der Waals surface area contributed by atoms with E-state index in [2.05, 4.69) is 37.1 Å². The van der Waals surface area contributed by atoms with Crippen LogP contribution in [0.25, 0.3) is 10.9 Å². The molecule has 4 unspecified atom stereocenters. The molecule has 1 N–H and O–H groups in total. The Hall–Kier alpha value is -3.22. The number of nitrogens with zero attached hydrogens (tertiary/aromatic N) is 5. The zero-order valence-corrected chi connectivity index (χ0v) is 21.2. The monoisotopic (exact) mass is 520 g/mol. The van der Waals surface area contributed by atoms with Crippen LogP contribution >= 0.6 is 0 Å². The number of para-hydroxylation sites is 1. The van der Waals surface area contributed by atoms with Crippen molar-refractivity contribution in [3.05, 3.63) is 84.3 Å². The Morgan fingerprint density at radius 3 is 2.68 bits per heavy atom. The molecule has 2 aromatic carbocycles. The van der Waals surface area contributed by atoms with Gasteiger partial charge in [-0.05, 0) is 24.7 Å². The number of hydrogen-bond donors (Lipinski definition) is 1. The lowest BCUT2D eigenvalue weighted by Crippen LogP contribution is -2.44. The Bertz CT molecular complexity index is 1490. The van der Waals surface area contributed by atoms with Gasteiger partial charge < -0.3 is 9.47 Å². The van der Waals surface area contributed by atoms with Gasteiger partial charge in [0.05, 0.1) is 36.7 Å². The van der Waals surface area contributed by atoms with Crippen LogP contribution in [0.2, 0.25) is 0 Å². The van der Waals surface area contributed by atoms with E-state index in [9.17, 15) is 8.42 Å². The number of fused-ring (bicyclic) bond motifs is 2. The lowest BCUT2D eigenvalue weighted by atomic mass is 10.1. The summed E-state index contributed by atoms with van der Waals surface area (Å²) in [7, 11) is -1.79. The summed E-state index contributed by atoms with van der Waals surface area (Å²) in [6.07, 6.45) is 2.76. The van der Waals surface area contributed by atoms with Gasteiger partial charge in [0.1, 0.15) is 23.1 Å². The molecule has 0 spiro atoms. The number of nitrogens with one attached hydrogen (secondary N) is 1. The lowest BCUT2D eigenvalue weighted by Gasteiger charge is -2.18. The van der Waals surface area contributed by atoms with Crippen molar-refractivity contribution in [2.45, 2.75) is 42.3 Å². The van der Waals surface area contributed by atoms with Crippen molar-refractivity contribution < 1.29 is 17.9 Å². The Labute approximate surface area is 215 Å². The van der Waals surface area contributed by atoms with Crippen molar-refractivity contribution in [2.24, 2.45) is 0 Å². The first kappa shape index (κ1) is 24.1. The topological polar surface area (TPSA) is 111 Å². The van der Waals surface area contributed by atoms with Crippen molar-refractivity contribution in [1.29, 1.82) is 0 Å². The zero-order chi connectivity index (χ0) is 25.4. The predicted octanol–water partition coefficient (Wildman–Crippen LogP) is 2.14. The fourth-order valence-electron chi connectivity index (χ4n) is 5.14. The summed E-state index contributed by atoms with van der Waals surface area (Å²) in [5.74, 6) is 0. The van der Waals surface area contributed by atoms with E-state index in [0.717, 1.165) is 17.6 Å². The van der Waals surface area contributed by atoms with E-state index in [1.54, 1.807) is 29.1 Å². The van der Waals surface area contributed by atoms with Crippen molar-refractivity contribution in [2.75, 3.05) is 20.3 Å². The van der Waals surface area contributed by atoms with Crippen LogP contribution < -0.4 is 4.72 Å². The van der Waals surface area contributed by atoms with E-state index in [1.165, 1.54) is 5.56 Å². The maximum Gasteiger partial charge on any atom is 0.243 e. The average Bonchev–Trinajstić information content (AvgIpc) is 3.62. The van der Waals surface area contributed by atoms with Gasteiger partial charge in [0.15, 0.2) is 0 Å². The van der Waals surface area contributed by atoms with Crippen LogP contribution in [-0.4, -0.2) is 71.8 Å². The van der Waals surface area contributed by atoms with Gasteiger partial charge >= 0.3 is 0 Å². The molecule has 0 aliphatic carbocycles. The minimum absolute atomic E-state index is 0.143. The van der Waals surface area contributed by atoms with Gasteiger partial charge in [-0.25, -0.2) is 17.8 Å². The second kappa shape index (κ2) is 9.92. The molecule has 10 nitrogen and oxygen atoms in total. The van der Waals surface area contributed by atoms with Crippen LogP contribution in [0.15, 0.2) is 78.0 Å². The highest BCUT2D eigenvalue weighted by atomic mass is 32.2. The summed E-state index contributed by atoms with van der Waals surface area (Å²) in [6, 6.07) is 18.3. The number of pyridine rings is 1. The van der Waals surface area contributed by atoms with Crippen molar-refractivity contribution in [3.63, 3.8) is 0 Å². The summed E-state index contributed by atoms with van der Waals surface area (Å²) in [4.78, 5) is 6.60. The van der Waals surface area contributed by atoms with E-state index in [4.69, 9.17) is 9.47 Å². The molecule has 0 bridgehead atoms. The molecule has 2 fully saturated rings. The van der Waals surface area contributed by atoms with E-state index in [1.807, 2.05) is 43.6 Å². The first-order chi connectivity index (χ1) is 18.0. The molecule has 2 aromatic heterocycles. The highest BCUT2D eigenvalue weighted by molar-refractivity contribution is 7.89. The number of sulfonamides is 1. The molecular formula is C26H28N6O4S. The molecule has 2 saturated heterocycles. The Morgan fingerprint density at radius 2 is 1.81 bits per heavy atom. The van der Waals surface area contributed by atoms with Gasteiger partial charge in [0, 0.05) is 24.7 Å². The van der Waals surface area contributed by atoms with E-state index in [-0.39, 0.29) is 23.6 Å². The summed E-state index contributed by atoms with van der Waals surface area (Å²) in [5, 5.41) is 9.44. The third-order valence-electron chi connectivity index (χ3n) is 6.84. The van der Waals surface area contributed by atoms with E-state index in [0.29, 0.717) is 18.7 Å². The zero-order valence-electron chi connectivity index (χ0n) is 20.3. The number of rotatable bonds is 8. The smallest absolute Gasteiger partial charge is 0.243 e. The molecule has 2 aliphatic rings. The molecule has 6 rings (SSSR count). The number of hydrogen-bond acceptors (Lipinski definition) is 8. The van der Waals surface area contributed by atoms with Gasteiger partial charge in [0.2, 0.25) is 10.0 Å². The Kier molecular flexibility index (Phi) is 6.47. The fraction of sp³-hybridized carbons (Fsp3) is 0.346. The van der Waals surface area contributed by atoms with Gasteiger partial charge in [0.25, 0.3) is 0 Å². The average molecular weight is 521 g/mol. The number of ether oxygens (including phenoxy) is 2. The summed E-state index contributed by atoms with van der Waals surface area (Å²) >= 11 is 0. The third-order valence-corrected chi connectivity index (χ3v) is 8.37. The summed E-state index contributed by atoms with van der Waals surface area (Å²) < 4.78 is 43.2. The second-order valence-corrected chi connectivity index (χ2v) is 11.3. The molecule has 37 heavy (non-hydrogen) atoms. The minimum atomic E-state index is -3.84. The lowest BCUT2D eigenvalue weighted by molar-refractivity contribution is 0.0624. The maximum absolute atomic E-state index is 13.3. The number of benzene rings is 2. The van der Waals surface area contributed by atoms with Crippen molar-refractivity contribution in [1.82, 2.24) is 29.6 Å². The molecule has 192 valence electrons. The van der Waals surface area contributed by atoms with Gasteiger partial charge in [-0.15, -0.1) is 5.10 Å². The third kappa shape index (κ3) is 4.88. The van der Waals surface area contributed by atoms with Crippen LogP contribution in [0.3, 0.4) is 0 Å². The molecular weight excluding hydrogens is 492 g/mol. The van der Waals surface area contributed by atoms with Crippen molar-refractivity contribution in [3.8, 4) is 0 Å². The van der Waals surface area contributed by atoms with Gasteiger partial charge in [-0.1, -0.05) is 53.7 Å². The highest BCUT2D eigenvalue weighted by Gasteiger charge is 2.50. The molecule has 4 heterocycles. The highest BCUT2D eigenvalue weighted by Crippen LogP contribution is 2.35. The maximum atomic E-state index is 13.3. The minimum Gasteiger partial charge on any atom is -0.371 e. The molecule has 0 amide bonds. The molecule has 4 atom stereocenters. The molecule has 11 heteroatoms. The Balaban J connectivity index is 1.12. The summed E-state index contributed by atoms with van der Waals surface area (Å²) in [6.45, 7) is 2.04. The molecule has 0 radical (unpaired) electrons. The Morgan fingerprint density at radius 1 is 1.00 bits per heavy atom. The fourth-order valence-corrected chi connectivity index (χ4v) is 6.55. The largest absolute Gasteiger partial charge is 0.371 e. The van der Waals surface area contributed by atoms with Crippen LogP contribution in [-0.2, 0) is 32.6 Å². The van der Waals surface area contributed by atoms with Gasteiger partial charge in [-0.2, -0.15) is 0 Å². The van der Waals surface area contributed by atoms with E-state index < -0.39 is 22.2 Å². The quantitative estimate of drug-likeness (QED) is 0.376. The van der Waals surface area contributed by atoms with E-state index >= 15 is 0 Å². The van der Waals surface area contributed by atoms with Crippen LogP contribution in [0, 0.1) is 0 Å². The first-order valence-corrected chi connectivity index (χ1v) is 13.7.